The first-order valence-corrected chi connectivity index (χ1v) is 7.83. The van der Waals surface area contributed by atoms with E-state index in [1.807, 2.05) is 0 Å². The smallest absolute Gasteiger partial charge is 0.0107 e. The van der Waals surface area contributed by atoms with E-state index in [2.05, 4.69) is 52.7 Å². The van der Waals surface area contributed by atoms with Gasteiger partial charge in [-0.05, 0) is 55.2 Å². The average molecular weight is 268 g/mol. The summed E-state index contributed by atoms with van der Waals surface area (Å²) in [4.78, 5) is 2.56. The third kappa shape index (κ3) is 3.38. The molecule has 0 amide bonds. The minimum atomic E-state index is 1.07. The van der Waals surface area contributed by atoms with Gasteiger partial charge in [-0.25, -0.2) is 0 Å². The van der Waals surface area contributed by atoms with Gasteiger partial charge in [0.1, 0.15) is 0 Å². The molecule has 0 aliphatic carbocycles. The molecule has 1 N–H and O–H groups in total. The van der Waals surface area contributed by atoms with Crippen molar-refractivity contribution in [2.75, 3.05) is 32.7 Å². The highest BCUT2D eigenvalue weighted by Gasteiger charge is 2.09. The van der Waals surface area contributed by atoms with Gasteiger partial charge in [-0.15, -0.1) is 0 Å². The maximum atomic E-state index is 3.58. The summed E-state index contributed by atoms with van der Waals surface area (Å²) in [5, 5.41) is 6.33. The van der Waals surface area contributed by atoms with Gasteiger partial charge in [-0.1, -0.05) is 42.5 Å². The standard InChI is InChI=1S/C18H24N2/c1-2-9-18-16(6-1)7-5-8-17(18)10-11-19-12-15-20-13-3-4-14-20/h1-2,5-9,19H,3-4,10-15H2. The van der Waals surface area contributed by atoms with Crippen molar-refractivity contribution in [2.24, 2.45) is 0 Å². The summed E-state index contributed by atoms with van der Waals surface area (Å²) < 4.78 is 0. The van der Waals surface area contributed by atoms with Gasteiger partial charge in [-0.2, -0.15) is 0 Å². The number of hydrogen-bond donors (Lipinski definition) is 1. The Kier molecular flexibility index (Phi) is 4.67. The molecule has 0 bridgehead atoms. The van der Waals surface area contributed by atoms with Crippen molar-refractivity contribution >= 4 is 10.8 Å². The molecule has 1 saturated heterocycles. The van der Waals surface area contributed by atoms with Crippen LogP contribution in [0.1, 0.15) is 18.4 Å². The van der Waals surface area contributed by atoms with Gasteiger partial charge in [0.15, 0.2) is 0 Å². The largest absolute Gasteiger partial charge is 0.315 e. The molecule has 3 rings (SSSR count). The first kappa shape index (κ1) is 13.6. The van der Waals surface area contributed by atoms with E-state index in [9.17, 15) is 0 Å². The van der Waals surface area contributed by atoms with E-state index in [4.69, 9.17) is 0 Å². The number of rotatable bonds is 6. The molecule has 2 nitrogen and oxygen atoms in total. The molecule has 0 radical (unpaired) electrons. The fourth-order valence-electron chi connectivity index (χ4n) is 3.10. The molecule has 1 aliphatic rings. The van der Waals surface area contributed by atoms with Crippen LogP contribution in [0.25, 0.3) is 10.8 Å². The minimum Gasteiger partial charge on any atom is -0.315 e. The van der Waals surface area contributed by atoms with Gasteiger partial charge in [0.25, 0.3) is 0 Å². The van der Waals surface area contributed by atoms with Crippen LogP contribution in [0.15, 0.2) is 42.5 Å². The van der Waals surface area contributed by atoms with E-state index in [0.717, 1.165) is 19.5 Å². The van der Waals surface area contributed by atoms with Crippen molar-refractivity contribution < 1.29 is 0 Å². The predicted molar refractivity (Wildman–Crippen MR) is 86.2 cm³/mol. The molecule has 0 saturated carbocycles. The summed E-state index contributed by atoms with van der Waals surface area (Å²) in [7, 11) is 0. The van der Waals surface area contributed by atoms with Crippen LogP contribution < -0.4 is 5.32 Å². The lowest BCUT2D eigenvalue weighted by atomic mass is 10.0. The summed E-state index contributed by atoms with van der Waals surface area (Å²) >= 11 is 0. The molecule has 1 aliphatic heterocycles. The zero-order valence-corrected chi connectivity index (χ0v) is 12.1. The van der Waals surface area contributed by atoms with Crippen molar-refractivity contribution in [1.29, 1.82) is 0 Å². The Bertz CT molecular complexity index is 539. The molecule has 0 aromatic heterocycles. The molecule has 2 heteroatoms. The van der Waals surface area contributed by atoms with Gasteiger partial charge >= 0.3 is 0 Å². The van der Waals surface area contributed by atoms with Crippen LogP contribution in [0.5, 0.6) is 0 Å². The van der Waals surface area contributed by atoms with E-state index in [1.54, 1.807) is 0 Å². The molecular weight excluding hydrogens is 244 g/mol. The average Bonchev–Trinajstić information content (AvgIpc) is 3.00. The summed E-state index contributed by atoms with van der Waals surface area (Å²) in [5.41, 5.74) is 1.46. The van der Waals surface area contributed by atoms with Crippen LogP contribution in [0, 0.1) is 0 Å². The highest BCUT2D eigenvalue weighted by atomic mass is 15.1. The third-order valence-corrected chi connectivity index (χ3v) is 4.25. The SMILES string of the molecule is c1ccc2c(CCNCCN3CCCC3)cccc2c1. The summed E-state index contributed by atoms with van der Waals surface area (Å²) in [5.74, 6) is 0. The van der Waals surface area contributed by atoms with Crippen molar-refractivity contribution in [3.63, 3.8) is 0 Å². The van der Waals surface area contributed by atoms with Gasteiger partial charge < -0.3 is 10.2 Å². The quantitative estimate of drug-likeness (QED) is 0.810. The van der Waals surface area contributed by atoms with E-state index in [1.165, 1.54) is 48.8 Å². The molecule has 2 aromatic rings. The van der Waals surface area contributed by atoms with Crippen LogP contribution in [0.2, 0.25) is 0 Å². The second-order valence-electron chi connectivity index (χ2n) is 5.69. The predicted octanol–water partition coefficient (Wildman–Crippen LogP) is 3.07. The number of hydrogen-bond acceptors (Lipinski definition) is 2. The first-order valence-electron chi connectivity index (χ1n) is 7.83. The molecular formula is C18H24N2. The number of fused-ring (bicyclic) bond motifs is 1. The molecule has 1 fully saturated rings. The van der Waals surface area contributed by atoms with Crippen LogP contribution in [0.3, 0.4) is 0 Å². The van der Waals surface area contributed by atoms with E-state index < -0.39 is 0 Å². The lowest BCUT2D eigenvalue weighted by Gasteiger charge is -2.14. The first-order chi connectivity index (χ1) is 9.93. The third-order valence-electron chi connectivity index (χ3n) is 4.25. The fraction of sp³-hybridized carbons (Fsp3) is 0.444. The summed E-state index contributed by atoms with van der Waals surface area (Å²) in [6, 6.07) is 15.3. The Hall–Kier alpha value is -1.38. The van der Waals surface area contributed by atoms with E-state index >= 15 is 0 Å². The second-order valence-corrected chi connectivity index (χ2v) is 5.69. The normalized spacial score (nSPS) is 16.0. The fourth-order valence-corrected chi connectivity index (χ4v) is 3.10. The van der Waals surface area contributed by atoms with Crippen LogP contribution in [0.4, 0.5) is 0 Å². The summed E-state index contributed by atoms with van der Waals surface area (Å²) in [6.07, 6.45) is 3.88. The number of nitrogens with zero attached hydrogens (tertiary/aromatic N) is 1. The molecule has 0 atom stereocenters. The molecule has 1 heterocycles. The van der Waals surface area contributed by atoms with Crippen LogP contribution in [-0.2, 0) is 6.42 Å². The minimum absolute atomic E-state index is 1.07. The Morgan fingerprint density at radius 1 is 0.900 bits per heavy atom. The Labute approximate surface area is 121 Å². The number of benzene rings is 2. The highest BCUT2D eigenvalue weighted by molar-refractivity contribution is 5.85. The van der Waals surface area contributed by atoms with Gasteiger partial charge in [0.05, 0.1) is 0 Å². The Morgan fingerprint density at radius 3 is 2.60 bits per heavy atom. The number of likely N-dealkylation sites (tertiary alicyclic amines) is 1. The van der Waals surface area contributed by atoms with Crippen molar-refractivity contribution in [3.05, 3.63) is 48.0 Å². The second kappa shape index (κ2) is 6.87. The van der Waals surface area contributed by atoms with Gasteiger partial charge in [0.2, 0.25) is 0 Å². The van der Waals surface area contributed by atoms with Crippen LogP contribution >= 0.6 is 0 Å². The highest BCUT2D eigenvalue weighted by Crippen LogP contribution is 2.18. The zero-order chi connectivity index (χ0) is 13.6. The Morgan fingerprint density at radius 2 is 1.70 bits per heavy atom. The van der Waals surface area contributed by atoms with E-state index in [-0.39, 0.29) is 0 Å². The van der Waals surface area contributed by atoms with Crippen molar-refractivity contribution in [1.82, 2.24) is 10.2 Å². The lowest BCUT2D eigenvalue weighted by molar-refractivity contribution is 0.336. The summed E-state index contributed by atoms with van der Waals surface area (Å²) in [6.45, 7) is 5.98. The van der Waals surface area contributed by atoms with Gasteiger partial charge in [0, 0.05) is 13.1 Å². The topological polar surface area (TPSA) is 15.3 Å². The van der Waals surface area contributed by atoms with Crippen molar-refractivity contribution in [3.8, 4) is 0 Å². The molecule has 2 aromatic carbocycles. The number of nitrogens with one attached hydrogen (secondary N) is 1. The molecule has 20 heavy (non-hydrogen) atoms. The van der Waals surface area contributed by atoms with E-state index in [0.29, 0.717) is 0 Å². The lowest BCUT2D eigenvalue weighted by Crippen LogP contribution is -2.30. The van der Waals surface area contributed by atoms with Gasteiger partial charge in [-0.3, -0.25) is 0 Å². The maximum Gasteiger partial charge on any atom is 0.0107 e. The molecule has 0 unspecified atom stereocenters. The van der Waals surface area contributed by atoms with Crippen molar-refractivity contribution in [2.45, 2.75) is 19.3 Å². The monoisotopic (exact) mass is 268 g/mol. The van der Waals surface area contributed by atoms with Crippen LogP contribution in [-0.4, -0.2) is 37.6 Å². The zero-order valence-electron chi connectivity index (χ0n) is 12.1. The maximum absolute atomic E-state index is 3.58. The Balaban J connectivity index is 1.47. The molecule has 0 spiro atoms. The molecule has 106 valence electrons.